The molecule has 2 saturated heterocycles. The first-order chi connectivity index (χ1) is 16.5. The highest BCUT2D eigenvalue weighted by atomic mass is 16.6. The molecule has 4 atom stereocenters. The maximum atomic E-state index is 12.6. The van der Waals surface area contributed by atoms with Gasteiger partial charge in [0.1, 0.15) is 12.2 Å². The molecule has 8 nitrogen and oxygen atoms in total. The van der Waals surface area contributed by atoms with E-state index in [0.29, 0.717) is 24.7 Å². The average molecular weight is 460 g/mol. The van der Waals surface area contributed by atoms with Crippen LogP contribution in [0.1, 0.15) is 15.9 Å². The molecule has 2 aromatic carbocycles. The topological polar surface area (TPSA) is 88.6 Å². The van der Waals surface area contributed by atoms with Crippen molar-refractivity contribution in [3.63, 3.8) is 0 Å². The van der Waals surface area contributed by atoms with Crippen molar-refractivity contribution in [3.05, 3.63) is 71.9 Å². The molecule has 1 aromatic heterocycles. The fraction of sp³-hybridized carbons (Fsp3) is 0.346. The Hall–Kier alpha value is -3.49. The molecule has 2 aliphatic heterocycles. The van der Waals surface area contributed by atoms with E-state index in [0.717, 1.165) is 22.5 Å². The number of nitrogens with one attached hydrogen (secondary N) is 2. The molecule has 3 heterocycles. The first-order valence-corrected chi connectivity index (χ1v) is 11.5. The van der Waals surface area contributed by atoms with Gasteiger partial charge in [-0.1, -0.05) is 29.8 Å². The largest absolute Gasteiger partial charge is 0.378 e. The second-order valence-electron chi connectivity index (χ2n) is 9.00. The zero-order valence-electron chi connectivity index (χ0n) is 19.6. The van der Waals surface area contributed by atoms with Crippen LogP contribution in [0.25, 0.3) is 11.3 Å². The van der Waals surface area contributed by atoms with Crippen LogP contribution in [-0.2, 0) is 9.47 Å². The number of hydrogen-bond acceptors (Lipinski definition) is 7. The molecule has 176 valence electrons. The van der Waals surface area contributed by atoms with Gasteiger partial charge in [-0.3, -0.25) is 4.79 Å². The van der Waals surface area contributed by atoms with Crippen LogP contribution in [0, 0.1) is 6.92 Å². The van der Waals surface area contributed by atoms with Gasteiger partial charge in [0.2, 0.25) is 5.95 Å². The number of fused-ring (bicyclic) bond motifs is 1. The van der Waals surface area contributed by atoms with Crippen LogP contribution >= 0.6 is 0 Å². The lowest BCUT2D eigenvalue weighted by atomic mass is 10.1. The van der Waals surface area contributed by atoms with Crippen LogP contribution in [0.4, 0.5) is 11.6 Å². The van der Waals surface area contributed by atoms with E-state index in [1.54, 1.807) is 6.20 Å². The van der Waals surface area contributed by atoms with Gasteiger partial charge in [-0.2, -0.15) is 0 Å². The maximum absolute atomic E-state index is 12.6. The van der Waals surface area contributed by atoms with E-state index >= 15 is 0 Å². The third kappa shape index (κ3) is 4.60. The van der Waals surface area contributed by atoms with Crippen LogP contribution in [0.3, 0.4) is 0 Å². The Morgan fingerprint density at radius 2 is 1.62 bits per heavy atom. The summed E-state index contributed by atoms with van der Waals surface area (Å²) in [6.45, 7) is 2.86. The van der Waals surface area contributed by atoms with Gasteiger partial charge >= 0.3 is 0 Å². The Morgan fingerprint density at radius 3 is 2.32 bits per heavy atom. The molecule has 2 aliphatic rings. The molecule has 8 heteroatoms. The van der Waals surface area contributed by atoms with Gasteiger partial charge in [-0.25, -0.2) is 9.97 Å². The van der Waals surface area contributed by atoms with Gasteiger partial charge in [-0.15, -0.1) is 0 Å². The quantitative estimate of drug-likeness (QED) is 0.586. The van der Waals surface area contributed by atoms with E-state index < -0.39 is 0 Å². The number of aromatic nitrogens is 2. The molecule has 2 fully saturated rings. The van der Waals surface area contributed by atoms with Crippen LogP contribution in [-0.4, -0.2) is 67.5 Å². The monoisotopic (exact) mass is 459 g/mol. The second kappa shape index (κ2) is 9.40. The summed E-state index contributed by atoms with van der Waals surface area (Å²) in [5.41, 5.74) is 4.74. The number of aryl methyl sites for hydroxylation is 1. The number of benzene rings is 2. The fourth-order valence-electron chi connectivity index (χ4n) is 4.39. The lowest BCUT2D eigenvalue weighted by Gasteiger charge is -2.18. The lowest BCUT2D eigenvalue weighted by molar-refractivity contribution is 0.0652. The van der Waals surface area contributed by atoms with Crippen molar-refractivity contribution in [3.8, 4) is 11.3 Å². The van der Waals surface area contributed by atoms with E-state index in [4.69, 9.17) is 14.5 Å². The molecule has 2 N–H and O–H groups in total. The van der Waals surface area contributed by atoms with Crippen LogP contribution in [0.2, 0.25) is 0 Å². The Morgan fingerprint density at radius 1 is 0.941 bits per heavy atom. The SMILES string of the molecule is Cc1ccc(C(=O)NC2COC3C(Nc4nccc(-c5ccc(N(C)C)cc5)n4)COC23)cc1. The molecule has 3 aromatic rings. The number of amides is 1. The number of ether oxygens (including phenoxy) is 2. The first kappa shape index (κ1) is 22.3. The van der Waals surface area contributed by atoms with Crippen molar-refractivity contribution in [2.45, 2.75) is 31.2 Å². The lowest BCUT2D eigenvalue weighted by Crippen LogP contribution is -2.44. The predicted molar refractivity (Wildman–Crippen MR) is 131 cm³/mol. The number of nitrogens with zero attached hydrogens (tertiary/aromatic N) is 3. The summed E-state index contributed by atoms with van der Waals surface area (Å²) in [5, 5.41) is 6.43. The third-order valence-electron chi connectivity index (χ3n) is 6.33. The fourth-order valence-corrected chi connectivity index (χ4v) is 4.39. The summed E-state index contributed by atoms with van der Waals surface area (Å²) in [6.07, 6.45) is 1.35. The zero-order valence-corrected chi connectivity index (χ0v) is 19.6. The average Bonchev–Trinajstić information content (AvgIpc) is 3.43. The molecule has 5 rings (SSSR count). The van der Waals surface area contributed by atoms with Crippen molar-refractivity contribution in [1.29, 1.82) is 0 Å². The first-order valence-electron chi connectivity index (χ1n) is 11.5. The molecule has 1 amide bonds. The normalized spacial score (nSPS) is 23.4. The molecule has 0 saturated carbocycles. The highest BCUT2D eigenvalue weighted by molar-refractivity contribution is 5.94. The highest BCUT2D eigenvalue weighted by Gasteiger charge is 2.48. The summed E-state index contributed by atoms with van der Waals surface area (Å²) in [4.78, 5) is 23.8. The van der Waals surface area contributed by atoms with Crippen LogP contribution in [0.5, 0.6) is 0 Å². The second-order valence-corrected chi connectivity index (χ2v) is 9.00. The van der Waals surface area contributed by atoms with E-state index in [9.17, 15) is 4.79 Å². The smallest absolute Gasteiger partial charge is 0.251 e. The number of anilines is 2. The van der Waals surface area contributed by atoms with Crippen molar-refractivity contribution in [2.24, 2.45) is 0 Å². The Balaban J connectivity index is 1.22. The van der Waals surface area contributed by atoms with Gasteiger partial charge in [0, 0.05) is 37.1 Å². The number of hydrogen-bond donors (Lipinski definition) is 2. The molecule has 4 unspecified atom stereocenters. The van der Waals surface area contributed by atoms with Gasteiger partial charge in [0.05, 0.1) is 31.0 Å². The molecule has 0 aliphatic carbocycles. The van der Waals surface area contributed by atoms with E-state index in [2.05, 4.69) is 44.8 Å². The summed E-state index contributed by atoms with van der Waals surface area (Å²) < 4.78 is 12.0. The number of carbonyl (C=O) groups is 1. The van der Waals surface area contributed by atoms with Gasteiger partial charge in [0.25, 0.3) is 5.91 Å². The van der Waals surface area contributed by atoms with Crippen molar-refractivity contribution in [1.82, 2.24) is 15.3 Å². The number of carbonyl (C=O) groups excluding carboxylic acids is 1. The molecule has 0 spiro atoms. The minimum absolute atomic E-state index is 0.0994. The van der Waals surface area contributed by atoms with E-state index in [1.807, 2.05) is 51.4 Å². The highest BCUT2D eigenvalue weighted by Crippen LogP contribution is 2.29. The van der Waals surface area contributed by atoms with Crippen LogP contribution < -0.4 is 15.5 Å². The Bertz CT molecular complexity index is 1150. The van der Waals surface area contributed by atoms with Crippen LogP contribution in [0.15, 0.2) is 60.8 Å². The van der Waals surface area contributed by atoms with Gasteiger partial charge in [0.15, 0.2) is 0 Å². The standard InChI is InChI=1S/C26H29N5O3/c1-16-4-6-18(7-5-16)25(32)28-21-14-33-24-22(15-34-23(21)24)30-26-27-13-12-20(29-26)17-8-10-19(11-9-17)31(2)3/h4-13,21-24H,14-15H2,1-3H3,(H,28,32)(H,27,29,30). The zero-order chi connectivity index (χ0) is 23.7. The van der Waals surface area contributed by atoms with Gasteiger partial charge < -0.3 is 25.0 Å². The molecule has 34 heavy (non-hydrogen) atoms. The number of rotatable bonds is 6. The van der Waals surface area contributed by atoms with Crippen molar-refractivity contribution in [2.75, 3.05) is 37.5 Å². The van der Waals surface area contributed by atoms with Gasteiger partial charge in [-0.05, 0) is 37.3 Å². The maximum Gasteiger partial charge on any atom is 0.251 e. The molecular weight excluding hydrogens is 430 g/mol. The van der Waals surface area contributed by atoms with E-state index in [1.165, 1.54) is 0 Å². The Kier molecular flexibility index (Phi) is 6.17. The third-order valence-corrected chi connectivity index (χ3v) is 6.33. The predicted octanol–water partition coefficient (Wildman–Crippen LogP) is 2.89. The summed E-state index contributed by atoms with van der Waals surface area (Å²) >= 11 is 0. The van der Waals surface area contributed by atoms with E-state index in [-0.39, 0.29) is 30.2 Å². The molecule has 0 bridgehead atoms. The summed E-state index contributed by atoms with van der Waals surface area (Å²) in [6, 6.07) is 17.4. The summed E-state index contributed by atoms with van der Waals surface area (Å²) in [7, 11) is 4.03. The van der Waals surface area contributed by atoms with Crippen molar-refractivity contribution >= 4 is 17.5 Å². The van der Waals surface area contributed by atoms with Crippen molar-refractivity contribution < 1.29 is 14.3 Å². The summed E-state index contributed by atoms with van der Waals surface area (Å²) in [5.74, 6) is 0.407. The minimum atomic E-state index is -0.214. The molecule has 0 radical (unpaired) electrons. The minimum Gasteiger partial charge on any atom is -0.378 e. The Labute approximate surface area is 199 Å². The molecular formula is C26H29N5O3.